The minimum atomic E-state index is -1.05. The summed E-state index contributed by atoms with van der Waals surface area (Å²) in [6, 6.07) is 1.98. The number of nitrogens with zero attached hydrogens (tertiary/aromatic N) is 2. The number of aliphatic carboxylic acids is 1. The number of pyridine rings is 1. The summed E-state index contributed by atoms with van der Waals surface area (Å²) in [6.07, 6.45) is 5.12. The van der Waals surface area contributed by atoms with Crippen LogP contribution in [0.5, 0.6) is 0 Å². The van der Waals surface area contributed by atoms with E-state index in [9.17, 15) is 19.8 Å². The standard InChI is InChI=1S/C18H24N2O4/c1-4-5-8-13(18(23)24)20-15(12-7-6-9-19-10-12)14(11(2)3)16(21)17(20)22/h6-7,9-11,13,15,21H,4-5,8H2,1-3H3,(H,23,24). The Morgan fingerprint density at radius 2 is 2.12 bits per heavy atom. The molecule has 1 aromatic heterocycles. The van der Waals surface area contributed by atoms with E-state index in [0.717, 1.165) is 6.42 Å². The van der Waals surface area contributed by atoms with Gasteiger partial charge in [0.2, 0.25) is 0 Å². The van der Waals surface area contributed by atoms with Crippen LogP contribution in [0, 0.1) is 5.92 Å². The number of aromatic nitrogens is 1. The van der Waals surface area contributed by atoms with E-state index in [2.05, 4.69) is 4.98 Å². The third kappa shape index (κ3) is 3.27. The van der Waals surface area contributed by atoms with Crippen molar-refractivity contribution in [2.24, 2.45) is 5.92 Å². The molecule has 1 amide bonds. The van der Waals surface area contributed by atoms with E-state index in [1.807, 2.05) is 20.8 Å². The summed E-state index contributed by atoms with van der Waals surface area (Å²) in [5.41, 5.74) is 1.26. The maximum Gasteiger partial charge on any atom is 0.326 e. The number of carboxylic acid groups (broad SMARTS) is 1. The molecule has 0 aromatic carbocycles. The molecule has 6 nitrogen and oxygen atoms in total. The van der Waals surface area contributed by atoms with Gasteiger partial charge in [0.05, 0.1) is 6.04 Å². The molecule has 2 atom stereocenters. The van der Waals surface area contributed by atoms with Gasteiger partial charge in [0.25, 0.3) is 5.91 Å². The van der Waals surface area contributed by atoms with Crippen LogP contribution in [0.25, 0.3) is 0 Å². The summed E-state index contributed by atoms with van der Waals surface area (Å²) in [5, 5.41) is 20.0. The fraction of sp³-hybridized carbons (Fsp3) is 0.500. The fourth-order valence-electron chi connectivity index (χ4n) is 3.21. The lowest BCUT2D eigenvalue weighted by Gasteiger charge is -2.32. The molecular formula is C18H24N2O4. The molecule has 0 aliphatic carbocycles. The summed E-state index contributed by atoms with van der Waals surface area (Å²) in [5.74, 6) is -2.09. The smallest absolute Gasteiger partial charge is 0.326 e. The lowest BCUT2D eigenvalue weighted by atomic mass is 9.91. The number of hydrogen-bond donors (Lipinski definition) is 2. The predicted octanol–water partition coefficient (Wildman–Crippen LogP) is 3.08. The van der Waals surface area contributed by atoms with Gasteiger partial charge in [-0.15, -0.1) is 0 Å². The second-order valence-electron chi connectivity index (χ2n) is 6.36. The molecule has 2 rings (SSSR count). The summed E-state index contributed by atoms with van der Waals surface area (Å²) in [6.45, 7) is 5.74. The first-order chi connectivity index (χ1) is 11.4. The number of amides is 1. The van der Waals surface area contributed by atoms with Gasteiger partial charge in [0.15, 0.2) is 5.76 Å². The highest BCUT2D eigenvalue weighted by Crippen LogP contribution is 2.42. The lowest BCUT2D eigenvalue weighted by Crippen LogP contribution is -2.44. The predicted molar refractivity (Wildman–Crippen MR) is 89.3 cm³/mol. The normalized spacial score (nSPS) is 19.2. The molecule has 0 radical (unpaired) electrons. The Bertz CT molecular complexity index is 640. The number of aliphatic hydroxyl groups excluding tert-OH is 1. The average molecular weight is 332 g/mol. The number of carbonyl (C=O) groups is 2. The van der Waals surface area contributed by atoms with Crippen molar-refractivity contribution in [1.82, 2.24) is 9.88 Å². The zero-order valence-corrected chi connectivity index (χ0v) is 14.3. The minimum Gasteiger partial charge on any atom is -0.503 e. The Balaban J connectivity index is 2.52. The van der Waals surface area contributed by atoms with Crippen LogP contribution in [-0.4, -0.2) is 38.0 Å². The molecule has 0 saturated carbocycles. The molecule has 130 valence electrons. The van der Waals surface area contributed by atoms with Crippen molar-refractivity contribution in [1.29, 1.82) is 0 Å². The van der Waals surface area contributed by atoms with E-state index >= 15 is 0 Å². The third-order valence-corrected chi connectivity index (χ3v) is 4.36. The number of aliphatic hydroxyl groups is 1. The van der Waals surface area contributed by atoms with E-state index in [-0.39, 0.29) is 11.7 Å². The lowest BCUT2D eigenvalue weighted by molar-refractivity contribution is -0.150. The number of carbonyl (C=O) groups excluding carboxylic acids is 1. The van der Waals surface area contributed by atoms with Crippen LogP contribution in [0.3, 0.4) is 0 Å². The van der Waals surface area contributed by atoms with Crippen molar-refractivity contribution in [2.75, 3.05) is 0 Å². The van der Waals surface area contributed by atoms with Crippen molar-refractivity contribution in [3.8, 4) is 0 Å². The monoisotopic (exact) mass is 332 g/mol. The molecule has 2 N–H and O–H groups in total. The Morgan fingerprint density at radius 1 is 1.42 bits per heavy atom. The highest BCUT2D eigenvalue weighted by molar-refractivity contribution is 5.98. The van der Waals surface area contributed by atoms with Gasteiger partial charge >= 0.3 is 5.97 Å². The summed E-state index contributed by atoms with van der Waals surface area (Å²) in [4.78, 5) is 29.8. The molecule has 0 saturated heterocycles. The van der Waals surface area contributed by atoms with Crippen LogP contribution in [0.15, 0.2) is 35.9 Å². The van der Waals surface area contributed by atoms with E-state index in [1.165, 1.54) is 4.90 Å². The average Bonchev–Trinajstić information content (AvgIpc) is 2.81. The van der Waals surface area contributed by atoms with Gasteiger partial charge in [-0.05, 0) is 24.0 Å². The van der Waals surface area contributed by atoms with E-state index < -0.39 is 24.0 Å². The van der Waals surface area contributed by atoms with Crippen molar-refractivity contribution < 1.29 is 19.8 Å². The molecule has 6 heteroatoms. The summed E-state index contributed by atoms with van der Waals surface area (Å²) >= 11 is 0. The molecule has 2 unspecified atom stereocenters. The first-order valence-corrected chi connectivity index (χ1v) is 8.28. The van der Waals surface area contributed by atoms with Gasteiger partial charge in [-0.2, -0.15) is 0 Å². The zero-order chi connectivity index (χ0) is 17.9. The van der Waals surface area contributed by atoms with Crippen LogP contribution >= 0.6 is 0 Å². The van der Waals surface area contributed by atoms with Gasteiger partial charge in [0.1, 0.15) is 6.04 Å². The molecule has 0 spiro atoms. The van der Waals surface area contributed by atoms with Gasteiger partial charge < -0.3 is 15.1 Å². The van der Waals surface area contributed by atoms with E-state index in [4.69, 9.17) is 0 Å². The van der Waals surface area contributed by atoms with Gasteiger partial charge in [-0.25, -0.2) is 4.79 Å². The van der Waals surface area contributed by atoms with Crippen LogP contribution in [-0.2, 0) is 9.59 Å². The second kappa shape index (κ2) is 7.47. The first-order valence-electron chi connectivity index (χ1n) is 8.28. The number of carboxylic acids is 1. The minimum absolute atomic E-state index is 0.0928. The molecule has 1 aliphatic rings. The number of rotatable bonds is 7. The Morgan fingerprint density at radius 3 is 2.62 bits per heavy atom. The fourth-order valence-corrected chi connectivity index (χ4v) is 3.21. The highest BCUT2D eigenvalue weighted by atomic mass is 16.4. The molecule has 1 aliphatic heterocycles. The van der Waals surface area contributed by atoms with Crippen molar-refractivity contribution in [3.63, 3.8) is 0 Å². The Kier molecular flexibility index (Phi) is 5.59. The molecule has 24 heavy (non-hydrogen) atoms. The van der Waals surface area contributed by atoms with Crippen molar-refractivity contribution in [2.45, 2.75) is 52.1 Å². The second-order valence-corrected chi connectivity index (χ2v) is 6.36. The van der Waals surface area contributed by atoms with Crippen LogP contribution in [0.1, 0.15) is 51.6 Å². The van der Waals surface area contributed by atoms with Gasteiger partial charge in [-0.3, -0.25) is 9.78 Å². The molecule has 0 bridgehead atoms. The number of hydrogen-bond acceptors (Lipinski definition) is 4. The number of unbranched alkanes of at least 4 members (excludes halogenated alkanes) is 1. The maximum atomic E-state index is 12.6. The van der Waals surface area contributed by atoms with Crippen LogP contribution in [0.4, 0.5) is 0 Å². The Labute approximate surface area is 141 Å². The van der Waals surface area contributed by atoms with Crippen molar-refractivity contribution in [3.05, 3.63) is 41.4 Å². The van der Waals surface area contributed by atoms with Gasteiger partial charge in [0, 0.05) is 18.0 Å². The quantitative estimate of drug-likeness (QED) is 0.801. The first kappa shape index (κ1) is 18.0. The SMILES string of the molecule is CCCCC(C(=O)O)N1C(=O)C(O)=C(C(C)C)C1c1cccnc1. The molecule has 0 fully saturated rings. The maximum absolute atomic E-state index is 12.6. The summed E-state index contributed by atoms with van der Waals surface area (Å²) < 4.78 is 0. The van der Waals surface area contributed by atoms with Gasteiger partial charge in [-0.1, -0.05) is 39.7 Å². The topological polar surface area (TPSA) is 90.7 Å². The summed E-state index contributed by atoms with van der Waals surface area (Å²) in [7, 11) is 0. The molecule has 1 aromatic rings. The Hall–Kier alpha value is -2.37. The largest absolute Gasteiger partial charge is 0.503 e. The van der Waals surface area contributed by atoms with Crippen LogP contribution < -0.4 is 0 Å². The highest BCUT2D eigenvalue weighted by Gasteiger charge is 2.46. The van der Waals surface area contributed by atoms with Crippen molar-refractivity contribution >= 4 is 11.9 Å². The molecular weight excluding hydrogens is 308 g/mol. The van der Waals surface area contributed by atoms with Crippen LogP contribution in [0.2, 0.25) is 0 Å². The van der Waals surface area contributed by atoms with E-state index in [1.54, 1.807) is 24.5 Å². The molecule has 2 heterocycles. The van der Waals surface area contributed by atoms with E-state index in [0.29, 0.717) is 24.0 Å². The zero-order valence-electron chi connectivity index (χ0n) is 14.3. The third-order valence-electron chi connectivity index (χ3n) is 4.36.